The largest absolute Gasteiger partial charge is 0.465 e. The molecule has 0 aliphatic rings. The lowest BCUT2D eigenvalue weighted by Crippen LogP contribution is -2.20. The molecular formula is C10H12FNO4S. The summed E-state index contributed by atoms with van der Waals surface area (Å²) in [6.07, 6.45) is -1.38. The van der Waals surface area contributed by atoms with Crippen LogP contribution in [0.1, 0.15) is 22.0 Å². The molecule has 1 aromatic rings. The molecule has 0 aliphatic carbocycles. The fourth-order valence-electron chi connectivity index (χ4n) is 1.20. The zero-order chi connectivity index (χ0) is 13.0. The number of thiol groups is 1. The van der Waals surface area contributed by atoms with Crippen molar-refractivity contribution in [1.82, 2.24) is 4.98 Å². The predicted molar refractivity (Wildman–Crippen MR) is 60.4 cm³/mol. The van der Waals surface area contributed by atoms with Crippen molar-refractivity contribution in [3.8, 4) is 0 Å². The van der Waals surface area contributed by atoms with Gasteiger partial charge in [-0.15, -0.1) is 0 Å². The number of ether oxygens (including phenoxy) is 1. The lowest BCUT2D eigenvalue weighted by molar-refractivity contribution is 0.0332. The average Bonchev–Trinajstić information content (AvgIpc) is 2.36. The molecule has 0 aliphatic heterocycles. The molecule has 0 saturated carbocycles. The van der Waals surface area contributed by atoms with Gasteiger partial charge in [0.1, 0.15) is 11.7 Å². The Morgan fingerprint density at radius 2 is 2.29 bits per heavy atom. The van der Waals surface area contributed by atoms with Crippen molar-refractivity contribution < 1.29 is 24.1 Å². The lowest BCUT2D eigenvalue weighted by atomic mass is 10.1. The maximum Gasteiger partial charge on any atom is 0.342 e. The van der Waals surface area contributed by atoms with Crippen molar-refractivity contribution >= 4 is 18.6 Å². The number of rotatable bonds is 4. The van der Waals surface area contributed by atoms with E-state index in [1.54, 1.807) is 0 Å². The molecule has 0 saturated heterocycles. The van der Waals surface area contributed by atoms with E-state index in [0.717, 1.165) is 19.4 Å². The first-order valence-electron chi connectivity index (χ1n) is 4.72. The second-order valence-corrected chi connectivity index (χ2v) is 3.66. The van der Waals surface area contributed by atoms with Gasteiger partial charge < -0.3 is 14.9 Å². The number of aliphatic hydroxyl groups is 2. The molecule has 1 rings (SSSR count). The number of carbonyl (C=O) groups is 1. The van der Waals surface area contributed by atoms with Crippen LogP contribution in [0.4, 0.5) is 4.39 Å². The number of aliphatic hydroxyl groups excluding tert-OH is 2. The molecule has 0 bridgehead atoms. The second-order valence-electron chi connectivity index (χ2n) is 3.29. The Kier molecular flexibility index (Phi) is 4.86. The van der Waals surface area contributed by atoms with Gasteiger partial charge in [0.2, 0.25) is 5.95 Å². The van der Waals surface area contributed by atoms with Crippen LogP contribution in [0.15, 0.2) is 12.3 Å². The van der Waals surface area contributed by atoms with E-state index in [1.165, 1.54) is 0 Å². The van der Waals surface area contributed by atoms with Crippen LogP contribution in [0.3, 0.4) is 0 Å². The number of methoxy groups -OCH3 is 1. The zero-order valence-electron chi connectivity index (χ0n) is 9.00. The third-order valence-electron chi connectivity index (χ3n) is 2.16. The van der Waals surface area contributed by atoms with E-state index >= 15 is 0 Å². The molecule has 5 nitrogen and oxygen atoms in total. The Balaban J connectivity index is 3.08. The molecule has 0 aromatic carbocycles. The van der Waals surface area contributed by atoms with E-state index in [9.17, 15) is 19.4 Å². The fraction of sp³-hybridized carbons (Fsp3) is 0.400. The van der Waals surface area contributed by atoms with E-state index in [-0.39, 0.29) is 11.3 Å². The summed E-state index contributed by atoms with van der Waals surface area (Å²) in [5.41, 5.74) is -0.274. The van der Waals surface area contributed by atoms with Crippen LogP contribution in [0.25, 0.3) is 0 Å². The summed E-state index contributed by atoms with van der Waals surface area (Å²) in [5, 5.41) is 19.0. The molecule has 1 aromatic heterocycles. The Hall–Kier alpha value is -1.18. The van der Waals surface area contributed by atoms with Crippen molar-refractivity contribution in [3.05, 3.63) is 29.3 Å². The summed E-state index contributed by atoms with van der Waals surface area (Å²) in [7, 11) is 1.10. The number of halogens is 1. The third kappa shape index (κ3) is 3.15. The topological polar surface area (TPSA) is 79.7 Å². The monoisotopic (exact) mass is 261 g/mol. The zero-order valence-corrected chi connectivity index (χ0v) is 9.89. The number of aromatic nitrogens is 1. The molecule has 0 amide bonds. The van der Waals surface area contributed by atoms with Crippen molar-refractivity contribution in [3.63, 3.8) is 0 Å². The van der Waals surface area contributed by atoms with Gasteiger partial charge in [-0.25, -0.2) is 9.78 Å². The highest BCUT2D eigenvalue weighted by atomic mass is 32.1. The normalized spacial score (nSPS) is 14.2. The maximum atomic E-state index is 13.2. The van der Waals surface area contributed by atoms with Crippen LogP contribution in [-0.2, 0) is 4.74 Å². The highest BCUT2D eigenvalue weighted by Crippen LogP contribution is 2.19. The van der Waals surface area contributed by atoms with Gasteiger partial charge >= 0.3 is 5.97 Å². The molecule has 94 valence electrons. The van der Waals surface area contributed by atoms with Crippen molar-refractivity contribution in [2.75, 3.05) is 12.9 Å². The first-order valence-corrected chi connectivity index (χ1v) is 5.35. The standard InChI is InChI=1S/C10H12FNO4S/c1-16-10(15)6-2-5(3-12-9(6)11)8(14)7(13)4-17/h2-3,7-8,13-14,17H,4H2,1H3. The van der Waals surface area contributed by atoms with Crippen molar-refractivity contribution in [2.45, 2.75) is 12.2 Å². The first kappa shape index (κ1) is 13.9. The van der Waals surface area contributed by atoms with Crippen LogP contribution in [-0.4, -0.2) is 40.1 Å². The van der Waals surface area contributed by atoms with Gasteiger partial charge in [-0.2, -0.15) is 17.0 Å². The molecule has 2 N–H and O–H groups in total. The number of hydrogen-bond donors (Lipinski definition) is 3. The third-order valence-corrected chi connectivity index (χ3v) is 2.53. The summed E-state index contributed by atoms with van der Waals surface area (Å²) in [4.78, 5) is 14.5. The minimum absolute atomic E-state index is 0.0199. The summed E-state index contributed by atoms with van der Waals surface area (Å²) in [5.74, 6) is -1.87. The van der Waals surface area contributed by atoms with E-state index in [4.69, 9.17) is 0 Å². The maximum absolute atomic E-state index is 13.2. The van der Waals surface area contributed by atoms with Gasteiger partial charge in [-0.05, 0) is 6.07 Å². The first-order chi connectivity index (χ1) is 8.01. The number of esters is 1. The van der Waals surface area contributed by atoms with Gasteiger partial charge in [-0.1, -0.05) is 0 Å². The average molecular weight is 261 g/mol. The van der Waals surface area contributed by atoms with E-state index in [1.807, 2.05) is 0 Å². The van der Waals surface area contributed by atoms with E-state index < -0.39 is 29.7 Å². The van der Waals surface area contributed by atoms with Crippen LogP contribution < -0.4 is 0 Å². The molecule has 7 heteroatoms. The predicted octanol–water partition coefficient (Wildman–Crippen LogP) is 0.331. The second kappa shape index (κ2) is 5.95. The number of pyridine rings is 1. The molecule has 0 fully saturated rings. The molecular weight excluding hydrogens is 249 g/mol. The van der Waals surface area contributed by atoms with E-state index in [2.05, 4.69) is 22.3 Å². The Morgan fingerprint density at radius 3 is 2.82 bits per heavy atom. The molecule has 2 unspecified atom stereocenters. The lowest BCUT2D eigenvalue weighted by Gasteiger charge is -2.16. The Morgan fingerprint density at radius 1 is 1.65 bits per heavy atom. The Bertz CT molecular complexity index is 415. The quantitative estimate of drug-likeness (QED) is 0.413. The minimum Gasteiger partial charge on any atom is -0.465 e. The molecule has 0 spiro atoms. The highest BCUT2D eigenvalue weighted by molar-refractivity contribution is 7.80. The number of carbonyl (C=O) groups excluding carboxylic acids is 1. The highest BCUT2D eigenvalue weighted by Gasteiger charge is 2.21. The van der Waals surface area contributed by atoms with Crippen LogP contribution in [0.2, 0.25) is 0 Å². The number of nitrogens with zero attached hydrogens (tertiary/aromatic N) is 1. The van der Waals surface area contributed by atoms with Gasteiger partial charge in [0.25, 0.3) is 0 Å². The minimum atomic E-state index is -1.29. The smallest absolute Gasteiger partial charge is 0.342 e. The fourth-order valence-corrected chi connectivity index (χ4v) is 1.40. The van der Waals surface area contributed by atoms with Gasteiger partial charge in [0.15, 0.2) is 0 Å². The summed E-state index contributed by atoms with van der Waals surface area (Å²) < 4.78 is 17.5. The summed E-state index contributed by atoms with van der Waals surface area (Å²) in [6.45, 7) is 0. The SMILES string of the molecule is COC(=O)c1cc(C(O)C(O)CS)cnc1F. The Labute approximate surface area is 103 Å². The van der Waals surface area contributed by atoms with E-state index in [0.29, 0.717) is 0 Å². The van der Waals surface area contributed by atoms with Gasteiger partial charge in [-0.3, -0.25) is 0 Å². The van der Waals surface area contributed by atoms with Crippen LogP contribution in [0, 0.1) is 5.95 Å². The van der Waals surface area contributed by atoms with Crippen molar-refractivity contribution in [1.29, 1.82) is 0 Å². The van der Waals surface area contributed by atoms with Gasteiger partial charge in [0, 0.05) is 17.5 Å². The van der Waals surface area contributed by atoms with Crippen molar-refractivity contribution in [2.24, 2.45) is 0 Å². The molecule has 0 radical (unpaired) electrons. The molecule has 17 heavy (non-hydrogen) atoms. The number of hydrogen-bond acceptors (Lipinski definition) is 6. The van der Waals surface area contributed by atoms with Gasteiger partial charge in [0.05, 0.1) is 13.2 Å². The summed E-state index contributed by atoms with van der Waals surface area (Å²) in [6, 6.07) is 1.09. The summed E-state index contributed by atoms with van der Waals surface area (Å²) >= 11 is 3.81. The molecule has 1 heterocycles. The van der Waals surface area contributed by atoms with Crippen LogP contribution >= 0.6 is 12.6 Å². The molecule has 2 atom stereocenters. The van der Waals surface area contributed by atoms with Crippen LogP contribution in [0.5, 0.6) is 0 Å².